The van der Waals surface area contributed by atoms with Crippen molar-refractivity contribution in [2.45, 2.75) is 13.5 Å². The van der Waals surface area contributed by atoms with Crippen molar-refractivity contribution in [3.05, 3.63) is 70.8 Å². The lowest BCUT2D eigenvalue weighted by atomic mass is 10.2. The monoisotopic (exact) mass is 447 g/mol. The molecule has 1 amide bonds. The van der Waals surface area contributed by atoms with Gasteiger partial charge < -0.3 is 15.2 Å². The van der Waals surface area contributed by atoms with E-state index in [4.69, 9.17) is 15.2 Å². The molecule has 0 unspecified atom stereocenters. The number of para-hydroxylation sites is 2. The quantitative estimate of drug-likeness (QED) is 0.428. The first-order valence-corrected chi connectivity index (χ1v) is 10.1. The summed E-state index contributed by atoms with van der Waals surface area (Å²) < 4.78 is 12.8. The number of imidazole rings is 1. The van der Waals surface area contributed by atoms with E-state index in [0.29, 0.717) is 17.0 Å². The summed E-state index contributed by atoms with van der Waals surface area (Å²) in [4.78, 5) is 47.2. The fourth-order valence-corrected chi connectivity index (χ4v) is 3.56. The second-order valence-corrected chi connectivity index (χ2v) is 6.98. The Kier molecular flexibility index (Phi) is 5.90. The zero-order valence-corrected chi connectivity index (χ0v) is 18.0. The normalized spacial score (nSPS) is 10.8. The number of nitrogens with zero attached hydrogens (tertiary/aromatic N) is 4. The smallest absolute Gasteiger partial charge is 0.335 e. The first-order chi connectivity index (χ1) is 16.0. The molecule has 0 fully saturated rings. The molecule has 0 aliphatic heterocycles. The molecule has 4 aromatic rings. The van der Waals surface area contributed by atoms with Crippen LogP contribution in [0.4, 0.5) is 0 Å². The lowest BCUT2D eigenvalue weighted by Gasteiger charge is -2.09. The summed E-state index contributed by atoms with van der Waals surface area (Å²) in [5, 5.41) is 0. The van der Waals surface area contributed by atoms with E-state index in [1.54, 1.807) is 55.5 Å². The molecule has 0 bridgehead atoms. The van der Waals surface area contributed by atoms with Gasteiger partial charge >= 0.3 is 11.7 Å². The number of aromatic nitrogens is 4. The van der Waals surface area contributed by atoms with Gasteiger partial charge in [0.15, 0.2) is 17.2 Å². The maximum atomic E-state index is 13.6. The Morgan fingerprint density at radius 3 is 2.39 bits per heavy atom. The van der Waals surface area contributed by atoms with Gasteiger partial charge in [0.25, 0.3) is 5.91 Å². The third-order valence-electron chi connectivity index (χ3n) is 4.95. The van der Waals surface area contributed by atoms with Crippen LogP contribution in [0.2, 0.25) is 0 Å². The third-order valence-corrected chi connectivity index (χ3v) is 4.95. The molecule has 0 saturated heterocycles. The molecule has 2 heterocycles. The number of nitrogens with two attached hydrogens (primary N) is 1. The fourth-order valence-electron chi connectivity index (χ4n) is 3.56. The largest absolute Gasteiger partial charge is 0.495 e. The zero-order chi connectivity index (χ0) is 23.5. The van der Waals surface area contributed by atoms with Crippen LogP contribution in [0.5, 0.6) is 5.75 Å². The van der Waals surface area contributed by atoms with Gasteiger partial charge in [0.1, 0.15) is 17.8 Å². The van der Waals surface area contributed by atoms with Gasteiger partial charge in [-0.2, -0.15) is 0 Å². The lowest BCUT2D eigenvalue weighted by Crippen LogP contribution is -2.28. The van der Waals surface area contributed by atoms with Crippen LogP contribution in [0.1, 0.15) is 17.4 Å². The number of methoxy groups -OCH3 is 1. The van der Waals surface area contributed by atoms with Crippen LogP contribution >= 0.6 is 0 Å². The number of hydrogen-bond donors (Lipinski definition) is 1. The summed E-state index contributed by atoms with van der Waals surface area (Å²) in [6.07, 6.45) is 0. The molecule has 33 heavy (non-hydrogen) atoms. The van der Waals surface area contributed by atoms with Crippen molar-refractivity contribution in [2.24, 2.45) is 5.73 Å². The van der Waals surface area contributed by atoms with E-state index in [9.17, 15) is 14.4 Å². The maximum Gasteiger partial charge on any atom is 0.335 e. The van der Waals surface area contributed by atoms with Crippen molar-refractivity contribution < 1.29 is 19.1 Å². The maximum absolute atomic E-state index is 13.6. The highest BCUT2D eigenvalue weighted by Crippen LogP contribution is 2.27. The van der Waals surface area contributed by atoms with Crippen LogP contribution in [0.3, 0.4) is 0 Å². The van der Waals surface area contributed by atoms with Gasteiger partial charge in [-0.1, -0.05) is 42.5 Å². The number of primary amides is 1. The van der Waals surface area contributed by atoms with Crippen molar-refractivity contribution in [3.8, 4) is 22.8 Å². The van der Waals surface area contributed by atoms with Gasteiger partial charge in [-0.25, -0.2) is 19.3 Å². The molecule has 2 N–H and O–H groups in total. The first-order valence-electron chi connectivity index (χ1n) is 10.1. The minimum absolute atomic E-state index is 0.0335. The molecule has 0 aliphatic carbocycles. The minimum atomic E-state index is -0.866. The molecular weight excluding hydrogens is 426 g/mol. The molecule has 0 spiro atoms. The van der Waals surface area contributed by atoms with Gasteiger partial charge in [0.05, 0.1) is 19.4 Å². The molecule has 10 nitrogen and oxygen atoms in total. The average molecular weight is 447 g/mol. The highest BCUT2D eigenvalue weighted by molar-refractivity contribution is 6.02. The number of rotatable bonds is 7. The van der Waals surface area contributed by atoms with Gasteiger partial charge in [0.2, 0.25) is 0 Å². The van der Waals surface area contributed by atoms with Gasteiger partial charge in [-0.3, -0.25) is 14.2 Å². The molecule has 0 saturated carbocycles. The van der Waals surface area contributed by atoms with Crippen molar-refractivity contribution in [3.63, 3.8) is 0 Å². The van der Waals surface area contributed by atoms with Crippen LogP contribution in [-0.4, -0.2) is 44.7 Å². The van der Waals surface area contributed by atoms with Crippen molar-refractivity contribution in [1.82, 2.24) is 19.1 Å². The molecule has 0 radical (unpaired) electrons. The second-order valence-electron chi connectivity index (χ2n) is 6.98. The number of ether oxygens (including phenoxy) is 2. The zero-order valence-electron chi connectivity index (χ0n) is 18.0. The van der Waals surface area contributed by atoms with Crippen LogP contribution in [0.15, 0.2) is 59.4 Å². The molecule has 168 valence electrons. The van der Waals surface area contributed by atoms with E-state index in [0.717, 1.165) is 4.57 Å². The van der Waals surface area contributed by atoms with Crippen LogP contribution in [-0.2, 0) is 16.1 Å². The summed E-state index contributed by atoms with van der Waals surface area (Å²) in [6, 6.07) is 15.8. The summed E-state index contributed by atoms with van der Waals surface area (Å²) >= 11 is 0. The molecule has 4 rings (SSSR count). The number of amides is 1. The standard InChI is InChI=1S/C23H21N5O5/c1-3-33-17(29)13-27-19-18(20(24)30)25-21(14-9-5-4-6-10-14)26-22(19)28(23(27)31)15-11-7-8-12-16(15)32-2/h4-12H,3,13H2,1-2H3,(H2,24,30). The molecule has 0 aliphatic rings. The topological polar surface area (TPSA) is 131 Å². The van der Waals surface area contributed by atoms with Crippen LogP contribution < -0.4 is 16.2 Å². The highest BCUT2D eigenvalue weighted by Gasteiger charge is 2.26. The fraction of sp³-hybridized carbons (Fsp3) is 0.174. The Morgan fingerprint density at radius 2 is 1.73 bits per heavy atom. The van der Waals surface area contributed by atoms with Gasteiger partial charge in [0, 0.05) is 5.56 Å². The number of carbonyl (C=O) groups excluding carboxylic acids is 2. The third kappa shape index (κ3) is 3.93. The summed E-state index contributed by atoms with van der Waals surface area (Å²) in [5.74, 6) is -0.917. The Balaban J connectivity index is 2.12. The van der Waals surface area contributed by atoms with Crippen LogP contribution in [0.25, 0.3) is 28.2 Å². The van der Waals surface area contributed by atoms with Gasteiger partial charge in [-0.05, 0) is 19.1 Å². The van der Waals surface area contributed by atoms with E-state index < -0.39 is 24.1 Å². The van der Waals surface area contributed by atoms with E-state index in [1.165, 1.54) is 11.7 Å². The SMILES string of the molecule is CCOC(=O)Cn1c(=O)n(-c2ccccc2OC)c2nc(-c3ccccc3)nc(C(N)=O)c21. The molecule has 2 aromatic heterocycles. The van der Waals surface area contributed by atoms with Crippen LogP contribution in [0, 0.1) is 0 Å². The highest BCUT2D eigenvalue weighted by atomic mass is 16.5. The lowest BCUT2D eigenvalue weighted by molar-refractivity contribution is -0.143. The Labute approximate surface area is 188 Å². The van der Waals surface area contributed by atoms with Crippen molar-refractivity contribution in [1.29, 1.82) is 0 Å². The average Bonchev–Trinajstić information content (AvgIpc) is 3.09. The molecule has 0 atom stereocenters. The minimum Gasteiger partial charge on any atom is -0.495 e. The molecule has 10 heteroatoms. The Morgan fingerprint density at radius 1 is 1.03 bits per heavy atom. The van der Waals surface area contributed by atoms with E-state index in [1.807, 2.05) is 6.07 Å². The predicted molar refractivity (Wildman–Crippen MR) is 120 cm³/mol. The number of fused-ring (bicyclic) bond motifs is 1. The second kappa shape index (κ2) is 8.95. The van der Waals surface area contributed by atoms with Crippen molar-refractivity contribution in [2.75, 3.05) is 13.7 Å². The van der Waals surface area contributed by atoms with E-state index >= 15 is 0 Å². The summed E-state index contributed by atoms with van der Waals surface area (Å²) in [5.41, 5.74) is 5.98. The van der Waals surface area contributed by atoms with E-state index in [2.05, 4.69) is 9.97 Å². The predicted octanol–water partition coefficient (Wildman–Crippen LogP) is 1.92. The summed E-state index contributed by atoms with van der Waals surface area (Å²) in [7, 11) is 1.47. The molecule has 2 aromatic carbocycles. The summed E-state index contributed by atoms with van der Waals surface area (Å²) in [6.45, 7) is 1.35. The number of benzene rings is 2. The molecular formula is C23H21N5O5. The van der Waals surface area contributed by atoms with Gasteiger partial charge in [-0.15, -0.1) is 0 Å². The Hall–Kier alpha value is -4.47. The Bertz CT molecular complexity index is 1410. The number of esters is 1. The van der Waals surface area contributed by atoms with E-state index in [-0.39, 0.29) is 29.3 Å². The van der Waals surface area contributed by atoms with Crippen molar-refractivity contribution >= 4 is 23.0 Å². The first kappa shape index (κ1) is 21.8. The number of hydrogen-bond acceptors (Lipinski definition) is 7. The number of carbonyl (C=O) groups is 2.